The third-order valence-corrected chi connectivity index (χ3v) is 3.72. The number of nitrogens with zero attached hydrogens (tertiary/aromatic N) is 3. The number of rotatable bonds is 7. The average Bonchev–Trinajstić information content (AvgIpc) is 3.04. The monoisotopic (exact) mass is 346 g/mol. The summed E-state index contributed by atoms with van der Waals surface area (Å²) in [7, 11) is 0. The standard InChI is InChI=1S/C16H18N4O5/c1-16(2,19-10-13(9-17-19)20(24)25)15(23)18-12-5-3-4-11(8-12)6-7-14(21)22/h3-5,8-10H,6-7H2,1-2H3,(H,18,23)(H,21,22). The second kappa shape index (κ2) is 7.12. The van der Waals surface area contributed by atoms with Crippen molar-refractivity contribution in [3.8, 4) is 0 Å². The zero-order valence-corrected chi connectivity index (χ0v) is 13.8. The number of nitro groups is 1. The number of carboxylic acids is 1. The van der Waals surface area contributed by atoms with Crippen molar-refractivity contribution in [1.82, 2.24) is 9.78 Å². The lowest BCUT2D eigenvalue weighted by Crippen LogP contribution is -2.40. The molecule has 0 unspecified atom stereocenters. The predicted molar refractivity (Wildman–Crippen MR) is 89.2 cm³/mol. The molecule has 1 aromatic carbocycles. The van der Waals surface area contributed by atoms with Crippen molar-refractivity contribution in [2.75, 3.05) is 5.32 Å². The molecule has 2 rings (SSSR count). The molecule has 0 saturated heterocycles. The molecule has 0 spiro atoms. The Morgan fingerprint density at radius 2 is 2.12 bits per heavy atom. The summed E-state index contributed by atoms with van der Waals surface area (Å²) in [5.41, 5.74) is -0.0439. The molecule has 0 bridgehead atoms. The van der Waals surface area contributed by atoms with E-state index in [1.807, 2.05) is 0 Å². The molecule has 132 valence electrons. The summed E-state index contributed by atoms with van der Waals surface area (Å²) < 4.78 is 1.23. The highest BCUT2D eigenvalue weighted by Crippen LogP contribution is 2.21. The van der Waals surface area contributed by atoms with E-state index < -0.39 is 22.3 Å². The van der Waals surface area contributed by atoms with E-state index >= 15 is 0 Å². The Morgan fingerprint density at radius 3 is 2.72 bits per heavy atom. The summed E-state index contributed by atoms with van der Waals surface area (Å²) in [4.78, 5) is 33.4. The molecule has 0 aliphatic carbocycles. The third kappa shape index (κ3) is 4.40. The van der Waals surface area contributed by atoms with Gasteiger partial charge in [-0.2, -0.15) is 5.10 Å². The molecule has 9 heteroatoms. The first kappa shape index (κ1) is 18.1. The smallest absolute Gasteiger partial charge is 0.307 e. The maximum absolute atomic E-state index is 12.6. The van der Waals surface area contributed by atoms with Gasteiger partial charge < -0.3 is 10.4 Å². The quantitative estimate of drug-likeness (QED) is 0.584. The highest BCUT2D eigenvalue weighted by Gasteiger charge is 2.32. The molecular formula is C16H18N4O5. The lowest BCUT2D eigenvalue weighted by Gasteiger charge is -2.24. The molecule has 1 amide bonds. The highest BCUT2D eigenvalue weighted by atomic mass is 16.6. The molecule has 1 heterocycles. The van der Waals surface area contributed by atoms with Gasteiger partial charge in [-0.1, -0.05) is 12.1 Å². The first-order chi connectivity index (χ1) is 11.7. The van der Waals surface area contributed by atoms with E-state index in [1.54, 1.807) is 38.1 Å². The fraction of sp³-hybridized carbons (Fsp3) is 0.312. The number of hydrogen-bond donors (Lipinski definition) is 2. The fourth-order valence-corrected chi connectivity index (χ4v) is 2.16. The van der Waals surface area contributed by atoms with Crippen molar-refractivity contribution >= 4 is 23.3 Å². The molecular weight excluding hydrogens is 328 g/mol. The van der Waals surface area contributed by atoms with Gasteiger partial charge in [0.05, 0.1) is 4.92 Å². The number of carboxylic acid groups (broad SMARTS) is 1. The summed E-state index contributed by atoms with van der Waals surface area (Å²) in [6.07, 6.45) is 2.64. The Labute approximate surface area is 143 Å². The van der Waals surface area contributed by atoms with Gasteiger partial charge in [0.15, 0.2) is 0 Å². The van der Waals surface area contributed by atoms with E-state index in [4.69, 9.17) is 5.11 Å². The van der Waals surface area contributed by atoms with Crippen LogP contribution in [-0.4, -0.2) is 31.7 Å². The number of anilines is 1. The lowest BCUT2D eigenvalue weighted by atomic mass is 10.0. The number of aromatic nitrogens is 2. The number of aryl methyl sites for hydroxylation is 1. The van der Waals surface area contributed by atoms with Gasteiger partial charge in [-0.3, -0.25) is 24.4 Å². The van der Waals surface area contributed by atoms with E-state index in [9.17, 15) is 19.7 Å². The van der Waals surface area contributed by atoms with Crippen LogP contribution in [0.2, 0.25) is 0 Å². The van der Waals surface area contributed by atoms with Gasteiger partial charge in [0.25, 0.3) is 5.91 Å². The van der Waals surface area contributed by atoms with Crippen molar-refractivity contribution in [2.45, 2.75) is 32.2 Å². The highest BCUT2D eigenvalue weighted by molar-refractivity contribution is 5.96. The minimum Gasteiger partial charge on any atom is -0.481 e. The van der Waals surface area contributed by atoms with E-state index in [0.29, 0.717) is 12.1 Å². The van der Waals surface area contributed by atoms with Crippen molar-refractivity contribution in [2.24, 2.45) is 0 Å². The van der Waals surface area contributed by atoms with Crippen LogP contribution in [0.15, 0.2) is 36.7 Å². The zero-order chi connectivity index (χ0) is 18.6. The van der Waals surface area contributed by atoms with E-state index in [-0.39, 0.29) is 12.1 Å². The molecule has 25 heavy (non-hydrogen) atoms. The Bertz CT molecular complexity index is 812. The van der Waals surface area contributed by atoms with Crippen LogP contribution in [-0.2, 0) is 21.5 Å². The molecule has 9 nitrogen and oxygen atoms in total. The minimum absolute atomic E-state index is 0.000151. The van der Waals surface area contributed by atoms with E-state index in [1.165, 1.54) is 10.9 Å². The molecule has 0 atom stereocenters. The summed E-state index contributed by atoms with van der Waals surface area (Å²) in [6, 6.07) is 6.88. The molecule has 2 N–H and O–H groups in total. The number of hydrogen-bond acceptors (Lipinski definition) is 5. The maximum Gasteiger partial charge on any atom is 0.307 e. The van der Waals surface area contributed by atoms with Crippen molar-refractivity contribution < 1.29 is 19.6 Å². The van der Waals surface area contributed by atoms with Crippen LogP contribution in [0.25, 0.3) is 0 Å². The maximum atomic E-state index is 12.6. The van der Waals surface area contributed by atoms with Gasteiger partial charge in [0, 0.05) is 12.1 Å². The SMILES string of the molecule is CC(C)(C(=O)Nc1cccc(CCC(=O)O)c1)n1cc([N+](=O)[O-])cn1. The van der Waals surface area contributed by atoms with Crippen LogP contribution >= 0.6 is 0 Å². The largest absolute Gasteiger partial charge is 0.481 e. The van der Waals surface area contributed by atoms with E-state index in [0.717, 1.165) is 11.8 Å². The summed E-state index contributed by atoms with van der Waals surface area (Å²) in [5.74, 6) is -1.29. The number of amides is 1. The van der Waals surface area contributed by atoms with Gasteiger partial charge in [0.2, 0.25) is 0 Å². The number of carbonyl (C=O) groups is 2. The fourth-order valence-electron chi connectivity index (χ4n) is 2.16. The average molecular weight is 346 g/mol. The summed E-state index contributed by atoms with van der Waals surface area (Å²) in [5, 5.41) is 26.1. The van der Waals surface area contributed by atoms with Gasteiger partial charge in [-0.05, 0) is 38.0 Å². The molecule has 0 fully saturated rings. The van der Waals surface area contributed by atoms with Crippen LogP contribution in [0.4, 0.5) is 11.4 Å². The van der Waals surface area contributed by atoms with Crippen molar-refractivity contribution in [3.05, 3.63) is 52.3 Å². The number of aliphatic carboxylic acids is 1. The Morgan fingerprint density at radius 1 is 1.40 bits per heavy atom. The Balaban J connectivity index is 2.13. The van der Waals surface area contributed by atoms with Gasteiger partial charge in [-0.15, -0.1) is 0 Å². The first-order valence-corrected chi connectivity index (χ1v) is 7.52. The second-order valence-electron chi connectivity index (χ2n) is 6.01. The van der Waals surface area contributed by atoms with Gasteiger partial charge in [-0.25, -0.2) is 0 Å². The number of nitrogens with one attached hydrogen (secondary N) is 1. The number of benzene rings is 1. The summed E-state index contributed by atoms with van der Waals surface area (Å²) in [6.45, 7) is 3.18. The van der Waals surface area contributed by atoms with Crippen molar-refractivity contribution in [1.29, 1.82) is 0 Å². The van der Waals surface area contributed by atoms with E-state index in [2.05, 4.69) is 10.4 Å². The zero-order valence-electron chi connectivity index (χ0n) is 13.8. The molecule has 0 aliphatic rings. The molecule has 0 aliphatic heterocycles. The Kier molecular flexibility index (Phi) is 5.16. The number of carbonyl (C=O) groups excluding carboxylic acids is 1. The molecule has 1 aromatic heterocycles. The van der Waals surface area contributed by atoms with Gasteiger partial charge in [0.1, 0.15) is 17.9 Å². The van der Waals surface area contributed by atoms with Crippen molar-refractivity contribution in [3.63, 3.8) is 0 Å². The van der Waals surface area contributed by atoms with Crippen LogP contribution in [0.5, 0.6) is 0 Å². The molecule has 0 radical (unpaired) electrons. The summed E-state index contributed by atoms with van der Waals surface area (Å²) >= 11 is 0. The molecule has 2 aromatic rings. The first-order valence-electron chi connectivity index (χ1n) is 7.52. The normalized spacial score (nSPS) is 11.1. The van der Waals surface area contributed by atoms with Crippen LogP contribution in [0, 0.1) is 10.1 Å². The van der Waals surface area contributed by atoms with Crippen LogP contribution in [0.3, 0.4) is 0 Å². The van der Waals surface area contributed by atoms with Crippen LogP contribution in [0.1, 0.15) is 25.8 Å². The lowest BCUT2D eigenvalue weighted by molar-refractivity contribution is -0.385. The van der Waals surface area contributed by atoms with Gasteiger partial charge >= 0.3 is 11.7 Å². The van der Waals surface area contributed by atoms with Crippen LogP contribution < -0.4 is 5.32 Å². The predicted octanol–water partition coefficient (Wildman–Crippen LogP) is 2.18. The topological polar surface area (TPSA) is 127 Å². The minimum atomic E-state index is -1.15. The second-order valence-corrected chi connectivity index (χ2v) is 6.01. The third-order valence-electron chi connectivity index (χ3n) is 3.72. The molecule has 0 saturated carbocycles. The Hall–Kier alpha value is -3.23.